The zero-order valence-electron chi connectivity index (χ0n) is 9.79. The Kier molecular flexibility index (Phi) is 3.85. The number of hydrogen-bond acceptors (Lipinski definition) is 2. The van der Waals surface area contributed by atoms with Gasteiger partial charge in [0.25, 0.3) is 0 Å². The van der Waals surface area contributed by atoms with Crippen molar-refractivity contribution in [1.82, 2.24) is 5.32 Å². The summed E-state index contributed by atoms with van der Waals surface area (Å²) in [6.07, 6.45) is 1.55. The van der Waals surface area contributed by atoms with Gasteiger partial charge in [0.15, 0.2) is 0 Å². The molecular formula is C13H18ClNO. The van der Waals surface area contributed by atoms with Crippen molar-refractivity contribution in [3.05, 3.63) is 34.3 Å². The van der Waals surface area contributed by atoms with Gasteiger partial charge in [0.1, 0.15) is 0 Å². The molecule has 2 unspecified atom stereocenters. The maximum absolute atomic E-state index is 5.94. The van der Waals surface area contributed by atoms with E-state index in [0.29, 0.717) is 6.10 Å². The first-order valence-electron chi connectivity index (χ1n) is 5.76. The Labute approximate surface area is 102 Å². The van der Waals surface area contributed by atoms with Crippen LogP contribution in [0.4, 0.5) is 0 Å². The fourth-order valence-electron chi connectivity index (χ4n) is 2.13. The van der Waals surface area contributed by atoms with Gasteiger partial charge in [0.2, 0.25) is 0 Å². The highest BCUT2D eigenvalue weighted by Gasteiger charge is 2.19. The van der Waals surface area contributed by atoms with Gasteiger partial charge in [-0.25, -0.2) is 0 Å². The van der Waals surface area contributed by atoms with Crippen molar-refractivity contribution in [2.45, 2.75) is 32.5 Å². The molecule has 1 N–H and O–H groups in total. The summed E-state index contributed by atoms with van der Waals surface area (Å²) in [7, 11) is 0. The van der Waals surface area contributed by atoms with Crippen molar-refractivity contribution in [2.75, 3.05) is 13.1 Å². The van der Waals surface area contributed by atoms with Crippen LogP contribution in [0.2, 0.25) is 5.02 Å². The lowest BCUT2D eigenvalue weighted by molar-refractivity contribution is -0.0263. The van der Waals surface area contributed by atoms with Gasteiger partial charge in [-0.15, -0.1) is 0 Å². The summed E-state index contributed by atoms with van der Waals surface area (Å²) in [5.74, 6) is 0. The number of ether oxygens (including phenoxy) is 1. The maximum Gasteiger partial charge on any atom is 0.0744 e. The van der Waals surface area contributed by atoms with Crippen molar-refractivity contribution in [1.29, 1.82) is 0 Å². The highest BCUT2D eigenvalue weighted by molar-refractivity contribution is 6.30. The summed E-state index contributed by atoms with van der Waals surface area (Å²) in [5.41, 5.74) is 2.57. The summed E-state index contributed by atoms with van der Waals surface area (Å²) in [6.45, 7) is 6.09. The van der Waals surface area contributed by atoms with Crippen LogP contribution < -0.4 is 5.32 Å². The minimum absolute atomic E-state index is 0.281. The van der Waals surface area contributed by atoms with Crippen molar-refractivity contribution >= 4 is 11.6 Å². The van der Waals surface area contributed by atoms with Crippen LogP contribution in [0.15, 0.2) is 18.2 Å². The highest BCUT2D eigenvalue weighted by atomic mass is 35.5. The zero-order chi connectivity index (χ0) is 11.5. The first-order valence-corrected chi connectivity index (χ1v) is 6.14. The molecule has 1 aliphatic heterocycles. The van der Waals surface area contributed by atoms with Gasteiger partial charge in [-0.3, -0.25) is 0 Å². The van der Waals surface area contributed by atoms with Crippen molar-refractivity contribution in [3.8, 4) is 0 Å². The molecule has 0 aliphatic carbocycles. The minimum atomic E-state index is 0.281. The number of benzene rings is 1. The van der Waals surface area contributed by atoms with E-state index < -0.39 is 0 Å². The second kappa shape index (κ2) is 5.17. The van der Waals surface area contributed by atoms with E-state index in [0.717, 1.165) is 24.5 Å². The van der Waals surface area contributed by atoms with Gasteiger partial charge in [0.05, 0.1) is 12.2 Å². The van der Waals surface area contributed by atoms with E-state index in [1.54, 1.807) is 0 Å². The average molecular weight is 240 g/mol. The molecule has 1 aromatic rings. The molecule has 16 heavy (non-hydrogen) atoms. The summed E-state index contributed by atoms with van der Waals surface area (Å²) in [4.78, 5) is 0. The molecular weight excluding hydrogens is 222 g/mol. The molecule has 88 valence electrons. The molecule has 1 aromatic carbocycles. The Morgan fingerprint density at radius 2 is 2.25 bits per heavy atom. The van der Waals surface area contributed by atoms with Crippen molar-refractivity contribution in [3.63, 3.8) is 0 Å². The van der Waals surface area contributed by atoms with Crippen LogP contribution in [-0.2, 0) is 11.2 Å². The Morgan fingerprint density at radius 1 is 1.44 bits per heavy atom. The van der Waals surface area contributed by atoms with E-state index in [9.17, 15) is 0 Å². The van der Waals surface area contributed by atoms with E-state index >= 15 is 0 Å². The molecule has 1 fully saturated rings. The molecule has 1 aliphatic rings. The summed E-state index contributed by atoms with van der Waals surface area (Å²) in [6, 6.07) is 6.06. The van der Waals surface area contributed by atoms with Crippen LogP contribution in [0.5, 0.6) is 0 Å². The first-order chi connectivity index (χ1) is 7.65. The maximum atomic E-state index is 5.94. The second-order valence-electron chi connectivity index (χ2n) is 4.50. The predicted octanol–water partition coefficient (Wildman–Crippen LogP) is 2.57. The molecule has 0 spiro atoms. The highest BCUT2D eigenvalue weighted by Crippen LogP contribution is 2.18. The molecule has 2 rings (SSSR count). The fourth-order valence-corrected chi connectivity index (χ4v) is 2.35. The average Bonchev–Trinajstić information content (AvgIpc) is 2.22. The molecule has 2 atom stereocenters. The number of hydrogen-bond donors (Lipinski definition) is 1. The zero-order valence-corrected chi connectivity index (χ0v) is 10.6. The Balaban J connectivity index is 2.02. The molecule has 0 amide bonds. The lowest BCUT2D eigenvalue weighted by atomic mass is 10.0. The van der Waals surface area contributed by atoms with Crippen LogP contribution >= 0.6 is 11.6 Å². The van der Waals surface area contributed by atoms with Crippen LogP contribution in [-0.4, -0.2) is 25.3 Å². The summed E-state index contributed by atoms with van der Waals surface area (Å²) >= 11 is 5.94. The van der Waals surface area contributed by atoms with Crippen LogP contribution in [0.3, 0.4) is 0 Å². The summed E-state index contributed by atoms with van der Waals surface area (Å²) < 4.78 is 5.88. The number of morpholine rings is 1. The van der Waals surface area contributed by atoms with Crippen LogP contribution in [0, 0.1) is 6.92 Å². The number of rotatable bonds is 2. The number of nitrogens with one attached hydrogen (secondary N) is 1. The quantitative estimate of drug-likeness (QED) is 0.857. The molecule has 0 aromatic heterocycles. The monoisotopic (exact) mass is 239 g/mol. The van der Waals surface area contributed by atoms with Crippen molar-refractivity contribution in [2.24, 2.45) is 0 Å². The number of aryl methyl sites for hydroxylation is 1. The first kappa shape index (κ1) is 11.9. The number of halogens is 1. The third kappa shape index (κ3) is 2.97. The topological polar surface area (TPSA) is 21.3 Å². The van der Waals surface area contributed by atoms with E-state index in [1.807, 2.05) is 12.1 Å². The van der Waals surface area contributed by atoms with Crippen molar-refractivity contribution < 1.29 is 4.74 Å². The van der Waals surface area contributed by atoms with E-state index in [2.05, 4.69) is 25.2 Å². The molecule has 1 heterocycles. The molecule has 0 saturated carbocycles. The Morgan fingerprint density at radius 3 is 2.94 bits per heavy atom. The third-order valence-electron chi connectivity index (χ3n) is 2.98. The van der Waals surface area contributed by atoms with Gasteiger partial charge in [-0.1, -0.05) is 17.7 Å². The second-order valence-corrected chi connectivity index (χ2v) is 4.94. The molecule has 2 nitrogen and oxygen atoms in total. The van der Waals surface area contributed by atoms with E-state index in [4.69, 9.17) is 16.3 Å². The van der Waals surface area contributed by atoms with Gasteiger partial charge in [0, 0.05) is 24.5 Å². The Bertz CT molecular complexity index is 367. The van der Waals surface area contributed by atoms with Gasteiger partial charge in [-0.2, -0.15) is 0 Å². The van der Waals surface area contributed by atoms with E-state index in [1.165, 1.54) is 11.1 Å². The van der Waals surface area contributed by atoms with Crippen LogP contribution in [0.1, 0.15) is 18.1 Å². The Hall–Kier alpha value is -0.570. The molecule has 0 radical (unpaired) electrons. The lowest BCUT2D eigenvalue weighted by Crippen LogP contribution is -2.44. The molecule has 0 bridgehead atoms. The van der Waals surface area contributed by atoms with Gasteiger partial charge < -0.3 is 10.1 Å². The lowest BCUT2D eigenvalue weighted by Gasteiger charge is -2.29. The standard InChI is InChI=1S/C13H18ClNO/c1-9-5-12(14)4-3-11(9)6-13-8-15-7-10(2)16-13/h3-5,10,13,15H,6-8H2,1-2H3. The largest absolute Gasteiger partial charge is 0.372 e. The summed E-state index contributed by atoms with van der Waals surface area (Å²) in [5, 5.41) is 4.19. The normalized spacial score (nSPS) is 25.7. The van der Waals surface area contributed by atoms with Gasteiger partial charge in [-0.05, 0) is 37.1 Å². The molecule has 1 saturated heterocycles. The van der Waals surface area contributed by atoms with Gasteiger partial charge >= 0.3 is 0 Å². The minimum Gasteiger partial charge on any atom is -0.372 e. The van der Waals surface area contributed by atoms with E-state index in [-0.39, 0.29) is 6.10 Å². The molecule has 3 heteroatoms. The SMILES string of the molecule is Cc1cc(Cl)ccc1CC1CNCC(C)O1. The van der Waals surface area contributed by atoms with Crippen LogP contribution in [0.25, 0.3) is 0 Å². The smallest absolute Gasteiger partial charge is 0.0744 e. The third-order valence-corrected chi connectivity index (χ3v) is 3.22. The predicted molar refractivity (Wildman–Crippen MR) is 67.1 cm³/mol. The fraction of sp³-hybridized carbons (Fsp3) is 0.538.